The van der Waals surface area contributed by atoms with Gasteiger partial charge in [0, 0.05) is 28.4 Å². The summed E-state index contributed by atoms with van der Waals surface area (Å²) in [4.78, 5) is 4.10. The first-order chi connectivity index (χ1) is 10.4. The maximum atomic E-state index is 11.0. The van der Waals surface area contributed by atoms with Gasteiger partial charge in [-0.15, -0.1) is 0 Å². The fraction of sp³-hybridized carbons (Fsp3) is 0.286. The third-order valence-corrected chi connectivity index (χ3v) is 4.58. The third-order valence-electron chi connectivity index (χ3n) is 2.98. The van der Waals surface area contributed by atoms with Crippen molar-refractivity contribution in [1.29, 1.82) is 5.26 Å². The topological polar surface area (TPSA) is 85.0 Å². The summed E-state index contributed by atoms with van der Waals surface area (Å²) >= 11 is 2.20. The lowest BCUT2D eigenvalue weighted by molar-refractivity contribution is 0.323. The van der Waals surface area contributed by atoms with Crippen LogP contribution in [0, 0.1) is 14.9 Å². The lowest BCUT2D eigenvalue weighted by Crippen LogP contribution is -2.10. The Hall–Kier alpha value is -1.44. The maximum absolute atomic E-state index is 11.0. The Balaban J connectivity index is 2.08. The van der Waals surface area contributed by atoms with E-state index in [9.17, 15) is 8.42 Å². The summed E-state index contributed by atoms with van der Waals surface area (Å²) in [5, 5.41) is 8.89. The van der Waals surface area contributed by atoms with E-state index in [2.05, 4.69) is 33.6 Å². The third kappa shape index (κ3) is 4.79. The van der Waals surface area contributed by atoms with Crippen molar-refractivity contribution >= 4 is 32.7 Å². The number of hydrogen-bond donors (Lipinski definition) is 0. The van der Waals surface area contributed by atoms with Crippen molar-refractivity contribution in [2.75, 3.05) is 12.9 Å². The van der Waals surface area contributed by atoms with Crippen LogP contribution in [0.25, 0.3) is 0 Å². The first-order valence-electron chi connectivity index (χ1n) is 6.41. The second-order valence-corrected chi connectivity index (χ2v) is 7.51. The number of imidazole rings is 1. The van der Waals surface area contributed by atoms with E-state index in [-0.39, 0.29) is 6.61 Å². The molecule has 8 heteroatoms. The summed E-state index contributed by atoms with van der Waals surface area (Å²) in [7, 11) is -3.42. The van der Waals surface area contributed by atoms with Gasteiger partial charge in [-0.1, -0.05) is 6.07 Å². The van der Waals surface area contributed by atoms with Crippen LogP contribution in [-0.2, 0) is 27.3 Å². The molecule has 22 heavy (non-hydrogen) atoms. The van der Waals surface area contributed by atoms with Crippen LogP contribution < -0.4 is 0 Å². The quantitative estimate of drug-likeness (QED) is 0.516. The van der Waals surface area contributed by atoms with Gasteiger partial charge < -0.3 is 4.57 Å². The monoisotopic (exact) mass is 431 g/mol. The van der Waals surface area contributed by atoms with Crippen LogP contribution >= 0.6 is 22.6 Å². The van der Waals surface area contributed by atoms with Crippen LogP contribution in [0.5, 0.6) is 0 Å². The first kappa shape index (κ1) is 16.9. The zero-order valence-electron chi connectivity index (χ0n) is 11.9. The number of rotatable bonds is 6. The Labute approximate surface area is 143 Å². The van der Waals surface area contributed by atoms with Gasteiger partial charge in [0.15, 0.2) is 0 Å². The van der Waals surface area contributed by atoms with Gasteiger partial charge in [0.25, 0.3) is 10.1 Å². The minimum atomic E-state index is -3.42. The molecule has 116 valence electrons. The highest BCUT2D eigenvalue weighted by Crippen LogP contribution is 2.16. The zero-order chi connectivity index (χ0) is 16.2. The van der Waals surface area contributed by atoms with Crippen LogP contribution in [0.1, 0.15) is 16.8 Å². The lowest BCUT2D eigenvalue weighted by atomic mass is 10.1. The molecule has 0 atom stereocenters. The summed E-state index contributed by atoms with van der Waals surface area (Å²) in [5.41, 5.74) is 2.59. The largest absolute Gasteiger partial charge is 0.330 e. The molecular weight excluding hydrogens is 417 g/mol. The molecule has 0 saturated heterocycles. The van der Waals surface area contributed by atoms with Crippen LogP contribution in [-0.4, -0.2) is 30.8 Å². The summed E-state index contributed by atoms with van der Waals surface area (Å²) in [5.74, 6) is 0. The van der Waals surface area contributed by atoms with Crippen LogP contribution in [0.4, 0.5) is 0 Å². The van der Waals surface area contributed by atoms with Gasteiger partial charge in [-0.2, -0.15) is 13.7 Å². The van der Waals surface area contributed by atoms with Gasteiger partial charge in [0.2, 0.25) is 0 Å². The zero-order valence-corrected chi connectivity index (χ0v) is 14.8. The summed E-state index contributed by atoms with van der Waals surface area (Å²) < 4.78 is 29.6. The molecule has 2 rings (SSSR count). The number of halogens is 1. The van der Waals surface area contributed by atoms with E-state index in [1.807, 2.05) is 16.7 Å². The molecule has 0 bridgehead atoms. The van der Waals surface area contributed by atoms with E-state index in [0.29, 0.717) is 18.5 Å². The van der Waals surface area contributed by atoms with Gasteiger partial charge >= 0.3 is 0 Å². The smallest absolute Gasteiger partial charge is 0.264 e. The molecule has 0 fully saturated rings. The lowest BCUT2D eigenvalue weighted by Gasteiger charge is -2.10. The number of aromatic nitrogens is 2. The normalized spacial score (nSPS) is 11.3. The molecule has 0 N–H and O–H groups in total. The molecule has 1 aromatic carbocycles. The van der Waals surface area contributed by atoms with Gasteiger partial charge in [0.1, 0.15) is 0 Å². The van der Waals surface area contributed by atoms with Gasteiger partial charge in [-0.05, 0) is 40.3 Å². The van der Waals surface area contributed by atoms with Crippen molar-refractivity contribution in [2.45, 2.75) is 13.0 Å². The molecule has 0 saturated carbocycles. The molecule has 0 aliphatic carbocycles. The maximum Gasteiger partial charge on any atom is 0.264 e. The Morgan fingerprint density at radius 2 is 2.23 bits per heavy atom. The summed E-state index contributed by atoms with van der Waals surface area (Å²) in [6.07, 6.45) is 4.88. The number of nitrogens with zero attached hydrogens (tertiary/aromatic N) is 3. The van der Waals surface area contributed by atoms with Crippen LogP contribution in [0.2, 0.25) is 0 Å². The molecule has 0 aliphatic heterocycles. The van der Waals surface area contributed by atoms with Gasteiger partial charge in [-0.25, -0.2) is 4.98 Å². The van der Waals surface area contributed by atoms with E-state index in [1.54, 1.807) is 18.6 Å². The molecular formula is C14H14IN3O3S. The highest BCUT2D eigenvalue weighted by Gasteiger charge is 2.08. The Morgan fingerprint density at radius 1 is 1.45 bits per heavy atom. The number of nitriles is 1. The van der Waals surface area contributed by atoms with Crippen molar-refractivity contribution in [3.8, 4) is 6.07 Å². The minimum absolute atomic E-state index is 0.0923. The minimum Gasteiger partial charge on any atom is -0.330 e. The standard InChI is InChI=1S/C14H14IN3O3S/c1-22(19,20)21-5-4-13-8-17-10-18(13)9-12-3-2-11(7-16)6-14(12)15/h2-3,6,8,10H,4-5,9H2,1H3. The summed E-state index contributed by atoms with van der Waals surface area (Å²) in [6.45, 7) is 0.702. The predicted molar refractivity (Wildman–Crippen MR) is 89.7 cm³/mol. The molecule has 0 aliphatic rings. The average molecular weight is 431 g/mol. The average Bonchev–Trinajstić information content (AvgIpc) is 2.87. The Kier molecular flexibility index (Phi) is 5.55. The van der Waals surface area contributed by atoms with Crippen molar-refractivity contribution in [2.24, 2.45) is 0 Å². The Bertz CT molecular complexity index is 809. The van der Waals surface area contributed by atoms with E-state index >= 15 is 0 Å². The highest BCUT2D eigenvalue weighted by molar-refractivity contribution is 14.1. The van der Waals surface area contributed by atoms with Crippen molar-refractivity contribution in [3.63, 3.8) is 0 Å². The molecule has 1 aromatic heterocycles. The fourth-order valence-corrected chi connectivity index (χ4v) is 3.00. The Morgan fingerprint density at radius 3 is 2.86 bits per heavy atom. The number of hydrogen-bond acceptors (Lipinski definition) is 5. The van der Waals surface area contributed by atoms with Crippen molar-refractivity contribution < 1.29 is 12.6 Å². The summed E-state index contributed by atoms with van der Waals surface area (Å²) in [6, 6.07) is 7.63. The van der Waals surface area contributed by atoms with E-state index < -0.39 is 10.1 Å². The SMILES string of the molecule is CS(=O)(=O)OCCc1cncn1Cc1ccc(C#N)cc1I. The van der Waals surface area contributed by atoms with E-state index in [0.717, 1.165) is 21.1 Å². The highest BCUT2D eigenvalue weighted by atomic mass is 127. The first-order valence-corrected chi connectivity index (χ1v) is 9.30. The van der Waals surface area contributed by atoms with Gasteiger partial charge in [0.05, 0.1) is 30.8 Å². The van der Waals surface area contributed by atoms with Crippen LogP contribution in [0.15, 0.2) is 30.7 Å². The number of benzene rings is 1. The predicted octanol–water partition coefficient (Wildman–Crippen LogP) is 1.93. The van der Waals surface area contributed by atoms with Crippen molar-refractivity contribution in [3.05, 3.63) is 51.1 Å². The second kappa shape index (κ2) is 7.21. The molecule has 1 heterocycles. The van der Waals surface area contributed by atoms with E-state index in [4.69, 9.17) is 9.44 Å². The molecule has 0 unspecified atom stereocenters. The second-order valence-electron chi connectivity index (χ2n) is 4.71. The van der Waals surface area contributed by atoms with Crippen LogP contribution in [0.3, 0.4) is 0 Å². The van der Waals surface area contributed by atoms with E-state index in [1.165, 1.54) is 0 Å². The molecule has 2 aromatic rings. The molecule has 0 spiro atoms. The van der Waals surface area contributed by atoms with Gasteiger partial charge in [-0.3, -0.25) is 4.18 Å². The molecule has 6 nitrogen and oxygen atoms in total. The fourth-order valence-electron chi connectivity index (χ4n) is 1.92. The molecule has 0 radical (unpaired) electrons. The van der Waals surface area contributed by atoms with Crippen molar-refractivity contribution in [1.82, 2.24) is 9.55 Å². The molecule has 0 amide bonds.